The lowest BCUT2D eigenvalue weighted by atomic mass is 10.2. The molecule has 13 heavy (non-hydrogen) atoms. The van der Waals surface area contributed by atoms with Crippen molar-refractivity contribution in [3.05, 3.63) is 36.8 Å². The minimum atomic E-state index is -4.70. The predicted molar refractivity (Wildman–Crippen MR) is 43.4 cm³/mol. The van der Waals surface area contributed by atoms with Gasteiger partial charge in [0, 0.05) is 0 Å². The highest BCUT2D eigenvalue weighted by atomic mass is 32.2. The van der Waals surface area contributed by atoms with Gasteiger partial charge in [0.2, 0.25) is 0 Å². The lowest BCUT2D eigenvalue weighted by molar-refractivity contribution is -0.0435. The molecule has 0 aliphatic rings. The fourth-order valence-electron chi connectivity index (χ4n) is 0.794. The van der Waals surface area contributed by atoms with Crippen LogP contribution in [0.1, 0.15) is 5.56 Å². The van der Waals surface area contributed by atoms with Crippen LogP contribution in [0.25, 0.3) is 0 Å². The average molecular weight is 207 g/mol. The van der Waals surface area contributed by atoms with E-state index in [9.17, 15) is 17.7 Å². The molecule has 0 fully saturated rings. The summed E-state index contributed by atoms with van der Waals surface area (Å²) in [5.74, 6) is 0. The smallest absolute Gasteiger partial charge is 0.578 e. The lowest BCUT2D eigenvalue weighted by Gasteiger charge is -2.11. The zero-order valence-electron chi connectivity index (χ0n) is 6.47. The largest absolute Gasteiger partial charge is 0.604 e. The van der Waals surface area contributed by atoms with E-state index in [2.05, 4.69) is 6.92 Å². The SMILES string of the molecule is [CH2]c1cccc([S+]([O-])C(F)(F)F)c1. The maximum Gasteiger partial charge on any atom is 0.578 e. The number of hydrogen-bond acceptors (Lipinski definition) is 1. The Kier molecular flexibility index (Phi) is 2.87. The van der Waals surface area contributed by atoms with Crippen molar-refractivity contribution in [3.8, 4) is 0 Å². The lowest BCUT2D eigenvalue weighted by Crippen LogP contribution is -2.23. The van der Waals surface area contributed by atoms with Gasteiger partial charge >= 0.3 is 5.51 Å². The first-order chi connectivity index (χ1) is 5.91. The Morgan fingerprint density at radius 3 is 2.38 bits per heavy atom. The van der Waals surface area contributed by atoms with Gasteiger partial charge in [-0.05, 0) is 24.6 Å². The molecule has 0 N–H and O–H groups in total. The average Bonchev–Trinajstić information content (AvgIpc) is 2.01. The molecule has 1 nitrogen and oxygen atoms in total. The van der Waals surface area contributed by atoms with Crippen molar-refractivity contribution in [1.82, 2.24) is 0 Å². The molecule has 0 aromatic heterocycles. The number of hydrogen-bond donors (Lipinski definition) is 0. The summed E-state index contributed by atoms with van der Waals surface area (Å²) >= 11 is -2.95. The molecule has 1 aromatic carbocycles. The van der Waals surface area contributed by atoms with E-state index in [-0.39, 0.29) is 4.90 Å². The molecule has 0 bridgehead atoms. The van der Waals surface area contributed by atoms with Crippen molar-refractivity contribution in [2.24, 2.45) is 0 Å². The summed E-state index contributed by atoms with van der Waals surface area (Å²) in [5.41, 5.74) is -4.29. The molecule has 0 saturated heterocycles. The third-order valence-electron chi connectivity index (χ3n) is 1.32. The molecule has 1 aromatic rings. The number of halogens is 3. The van der Waals surface area contributed by atoms with Crippen molar-refractivity contribution < 1.29 is 17.7 Å². The van der Waals surface area contributed by atoms with Crippen LogP contribution in [-0.2, 0) is 11.2 Å². The van der Waals surface area contributed by atoms with Crippen molar-refractivity contribution >= 4 is 11.2 Å². The fraction of sp³-hybridized carbons (Fsp3) is 0.125. The summed E-state index contributed by atoms with van der Waals surface area (Å²) in [6.07, 6.45) is 0. The van der Waals surface area contributed by atoms with E-state index < -0.39 is 16.7 Å². The molecule has 0 aliphatic carbocycles. The third kappa shape index (κ3) is 2.63. The van der Waals surface area contributed by atoms with Gasteiger partial charge in [-0.2, -0.15) is 0 Å². The highest BCUT2D eigenvalue weighted by Gasteiger charge is 2.45. The van der Waals surface area contributed by atoms with Crippen molar-refractivity contribution in [3.63, 3.8) is 0 Å². The zero-order chi connectivity index (χ0) is 10.1. The van der Waals surface area contributed by atoms with E-state index in [4.69, 9.17) is 0 Å². The number of benzene rings is 1. The molecular weight excluding hydrogens is 201 g/mol. The molecule has 71 valence electrons. The molecule has 0 spiro atoms. The van der Waals surface area contributed by atoms with Crippen molar-refractivity contribution in [2.75, 3.05) is 0 Å². The highest BCUT2D eigenvalue weighted by Crippen LogP contribution is 2.30. The fourth-order valence-corrected chi connectivity index (χ4v) is 1.52. The second kappa shape index (κ2) is 3.59. The summed E-state index contributed by atoms with van der Waals surface area (Å²) in [6, 6.07) is 5.25. The van der Waals surface area contributed by atoms with Gasteiger partial charge in [0.05, 0.1) is 11.2 Å². The molecule has 0 heterocycles. The van der Waals surface area contributed by atoms with Crippen LogP contribution in [0.3, 0.4) is 0 Å². The van der Waals surface area contributed by atoms with Crippen LogP contribution in [0, 0.1) is 6.92 Å². The summed E-state index contributed by atoms with van der Waals surface area (Å²) < 4.78 is 46.6. The van der Waals surface area contributed by atoms with Crippen LogP contribution in [0.5, 0.6) is 0 Å². The molecule has 1 atom stereocenters. The highest BCUT2D eigenvalue weighted by molar-refractivity contribution is 7.92. The van der Waals surface area contributed by atoms with E-state index in [0.717, 1.165) is 12.1 Å². The van der Waals surface area contributed by atoms with E-state index >= 15 is 0 Å². The van der Waals surface area contributed by atoms with Gasteiger partial charge in [0.15, 0.2) is 4.90 Å². The Morgan fingerprint density at radius 1 is 1.31 bits per heavy atom. The Balaban J connectivity index is 2.96. The second-order valence-electron chi connectivity index (χ2n) is 2.36. The van der Waals surface area contributed by atoms with Gasteiger partial charge in [-0.25, -0.2) is 0 Å². The van der Waals surface area contributed by atoms with Crippen LogP contribution in [0.2, 0.25) is 0 Å². The molecule has 1 unspecified atom stereocenters. The standard InChI is InChI=1S/C8H6F3OS/c1-6-3-2-4-7(5-6)13(12)8(9,10)11/h2-5H,1H2. The normalized spacial score (nSPS) is 14.2. The summed E-state index contributed by atoms with van der Waals surface area (Å²) in [7, 11) is 0. The third-order valence-corrected chi connectivity index (χ3v) is 2.43. The Hall–Kier alpha value is -0.680. The maximum absolute atomic E-state index is 11.9. The van der Waals surface area contributed by atoms with Gasteiger partial charge in [-0.1, -0.05) is 12.1 Å². The first-order valence-electron chi connectivity index (χ1n) is 3.32. The van der Waals surface area contributed by atoms with Gasteiger partial charge in [-0.15, -0.1) is 13.2 Å². The van der Waals surface area contributed by atoms with Crippen LogP contribution in [0.15, 0.2) is 29.2 Å². The number of rotatable bonds is 1. The minimum Gasteiger partial charge on any atom is -0.604 e. The first-order valence-corrected chi connectivity index (χ1v) is 4.47. The molecule has 1 rings (SSSR count). The van der Waals surface area contributed by atoms with Crippen LogP contribution < -0.4 is 0 Å². The molecule has 0 saturated carbocycles. The Morgan fingerprint density at radius 2 is 1.92 bits per heavy atom. The van der Waals surface area contributed by atoms with Crippen molar-refractivity contribution in [1.29, 1.82) is 0 Å². The van der Waals surface area contributed by atoms with Gasteiger partial charge in [-0.3, -0.25) is 0 Å². The molecule has 0 amide bonds. The summed E-state index contributed by atoms with van der Waals surface area (Å²) in [4.78, 5) is -0.264. The van der Waals surface area contributed by atoms with Crippen LogP contribution in [-0.4, -0.2) is 10.1 Å². The first kappa shape index (κ1) is 10.4. The predicted octanol–water partition coefficient (Wildman–Crippen LogP) is 2.50. The van der Waals surface area contributed by atoms with Crippen LogP contribution >= 0.6 is 0 Å². The quantitative estimate of drug-likeness (QED) is 0.649. The Bertz CT molecular complexity index is 298. The van der Waals surface area contributed by atoms with E-state index in [0.29, 0.717) is 5.56 Å². The van der Waals surface area contributed by atoms with Gasteiger partial charge in [0.1, 0.15) is 0 Å². The second-order valence-corrected chi connectivity index (χ2v) is 3.83. The number of alkyl halides is 3. The maximum atomic E-state index is 11.9. The molecule has 0 aliphatic heterocycles. The monoisotopic (exact) mass is 207 g/mol. The van der Waals surface area contributed by atoms with Crippen LogP contribution in [0.4, 0.5) is 13.2 Å². The summed E-state index contributed by atoms with van der Waals surface area (Å²) in [6.45, 7) is 3.44. The topological polar surface area (TPSA) is 23.1 Å². The molecule has 5 heteroatoms. The van der Waals surface area contributed by atoms with Crippen molar-refractivity contribution in [2.45, 2.75) is 10.4 Å². The molecule has 1 radical (unpaired) electrons. The van der Waals surface area contributed by atoms with Gasteiger partial charge < -0.3 is 4.55 Å². The molecular formula is C8H6F3OS. The summed E-state index contributed by atoms with van der Waals surface area (Å²) in [5, 5.41) is 0. The van der Waals surface area contributed by atoms with E-state index in [1.807, 2.05) is 0 Å². The van der Waals surface area contributed by atoms with E-state index in [1.54, 1.807) is 0 Å². The zero-order valence-corrected chi connectivity index (χ0v) is 7.28. The Labute approximate surface area is 76.8 Å². The minimum absolute atomic E-state index is 0.264. The van der Waals surface area contributed by atoms with Gasteiger partial charge in [0.25, 0.3) is 0 Å². The van der Waals surface area contributed by atoms with E-state index in [1.165, 1.54) is 12.1 Å².